The molecule has 0 radical (unpaired) electrons. The van der Waals surface area contributed by atoms with E-state index in [9.17, 15) is 9.18 Å². The van der Waals surface area contributed by atoms with E-state index in [4.69, 9.17) is 4.42 Å². The van der Waals surface area contributed by atoms with Crippen molar-refractivity contribution in [3.8, 4) is 11.4 Å². The Morgan fingerprint density at radius 2 is 1.97 bits per heavy atom. The lowest BCUT2D eigenvalue weighted by molar-refractivity contribution is 0.542. The fourth-order valence-electron chi connectivity index (χ4n) is 3.21. The van der Waals surface area contributed by atoms with Crippen LogP contribution in [0.15, 0.2) is 62.8 Å². The first kappa shape index (κ1) is 19.4. The Labute approximate surface area is 171 Å². The van der Waals surface area contributed by atoms with E-state index in [1.807, 2.05) is 24.3 Å². The van der Waals surface area contributed by atoms with Crippen molar-refractivity contribution in [3.63, 3.8) is 0 Å². The summed E-state index contributed by atoms with van der Waals surface area (Å²) in [5.41, 5.74) is 4.68. The van der Waals surface area contributed by atoms with Crippen LogP contribution in [0.3, 0.4) is 0 Å². The Bertz CT molecular complexity index is 1300. The highest BCUT2D eigenvalue weighted by molar-refractivity contribution is 5.83. The Balaban J connectivity index is 1.88. The number of benzene rings is 2. The average molecular weight is 408 g/mol. The summed E-state index contributed by atoms with van der Waals surface area (Å²) >= 11 is 0. The van der Waals surface area contributed by atoms with Crippen LogP contribution < -0.4 is 21.6 Å². The third-order valence-electron chi connectivity index (χ3n) is 4.77. The van der Waals surface area contributed by atoms with Gasteiger partial charge in [-0.2, -0.15) is 5.10 Å². The second-order valence-corrected chi connectivity index (χ2v) is 6.59. The number of nitrogens with one attached hydrogen (secondary N) is 3. The molecule has 2 heterocycles. The summed E-state index contributed by atoms with van der Waals surface area (Å²) in [5, 5.41) is 11.4. The van der Waals surface area contributed by atoms with E-state index in [-0.39, 0.29) is 17.1 Å². The van der Waals surface area contributed by atoms with Gasteiger partial charge in [0.2, 0.25) is 5.55 Å². The highest BCUT2D eigenvalue weighted by Crippen LogP contribution is 2.24. The lowest BCUT2D eigenvalue weighted by atomic mass is 10.1. The maximum atomic E-state index is 14.0. The van der Waals surface area contributed by atoms with Gasteiger partial charge in [-0.15, -0.1) is 5.10 Å². The van der Waals surface area contributed by atoms with Gasteiger partial charge in [0.25, 0.3) is 0 Å². The minimum atomic E-state index is -0.449. The predicted molar refractivity (Wildman–Crippen MR) is 114 cm³/mol. The standard InChI is InChI=1S/C21H21FN6O2/c1-3-28(4-2)14-10-9-13-11-15(19-23-21(29)27-25-19)20(30-18(13)12-14)26-24-17-8-6-5-7-16(17)22/h5-12,24H,3-4H2,1-2H3,(H2,23,25,27,29)/b26-20+. The number of rotatable bonds is 6. The molecule has 0 bridgehead atoms. The molecule has 0 aliphatic rings. The third-order valence-corrected chi connectivity index (χ3v) is 4.77. The molecule has 0 aliphatic heterocycles. The summed E-state index contributed by atoms with van der Waals surface area (Å²) in [6.45, 7) is 5.89. The van der Waals surface area contributed by atoms with E-state index >= 15 is 0 Å². The van der Waals surface area contributed by atoms with Gasteiger partial charge in [-0.1, -0.05) is 12.1 Å². The van der Waals surface area contributed by atoms with Crippen LogP contribution in [0.1, 0.15) is 13.8 Å². The van der Waals surface area contributed by atoms with Crippen molar-refractivity contribution >= 4 is 22.3 Å². The van der Waals surface area contributed by atoms with Gasteiger partial charge in [0.1, 0.15) is 11.4 Å². The first-order valence-electron chi connectivity index (χ1n) is 9.61. The SMILES string of the molecule is CCN(CC)c1ccc2cc(-c3n[nH]c(=O)[nH]3)/c(=N\Nc3ccccc3F)oc2c1. The summed E-state index contributed by atoms with van der Waals surface area (Å²) < 4.78 is 20.0. The smallest absolute Gasteiger partial charge is 0.340 e. The van der Waals surface area contributed by atoms with Gasteiger partial charge in [-0.3, -0.25) is 10.4 Å². The maximum absolute atomic E-state index is 14.0. The number of halogens is 1. The number of fused-ring (bicyclic) bond motifs is 1. The second kappa shape index (κ2) is 8.24. The van der Waals surface area contributed by atoms with Crippen LogP contribution in [-0.4, -0.2) is 28.3 Å². The van der Waals surface area contributed by atoms with Gasteiger partial charge in [-0.25, -0.2) is 14.3 Å². The minimum absolute atomic E-state index is 0.158. The number of anilines is 2. The van der Waals surface area contributed by atoms with E-state index in [1.165, 1.54) is 6.07 Å². The van der Waals surface area contributed by atoms with Gasteiger partial charge in [0, 0.05) is 30.2 Å². The molecule has 30 heavy (non-hydrogen) atoms. The molecule has 0 unspecified atom stereocenters. The molecule has 0 amide bonds. The zero-order chi connectivity index (χ0) is 21.1. The summed E-state index contributed by atoms with van der Waals surface area (Å²) in [5.74, 6) is -0.173. The quantitative estimate of drug-likeness (QED) is 0.424. The monoisotopic (exact) mass is 408 g/mol. The number of aromatic amines is 2. The first-order valence-corrected chi connectivity index (χ1v) is 9.61. The first-order chi connectivity index (χ1) is 14.6. The van der Waals surface area contributed by atoms with E-state index in [1.54, 1.807) is 18.2 Å². The second-order valence-electron chi connectivity index (χ2n) is 6.59. The lowest BCUT2D eigenvalue weighted by Crippen LogP contribution is -2.21. The molecule has 4 aromatic rings. The van der Waals surface area contributed by atoms with Crippen molar-refractivity contribution in [2.24, 2.45) is 5.10 Å². The fraction of sp³-hybridized carbons (Fsp3) is 0.190. The molecule has 4 rings (SSSR count). The highest BCUT2D eigenvalue weighted by Gasteiger charge is 2.12. The van der Waals surface area contributed by atoms with Crippen molar-refractivity contribution in [3.05, 3.63) is 70.4 Å². The largest absolute Gasteiger partial charge is 0.436 e. The molecule has 0 saturated heterocycles. The van der Waals surface area contributed by atoms with E-state index in [2.05, 4.69) is 44.5 Å². The molecule has 2 aromatic carbocycles. The predicted octanol–water partition coefficient (Wildman–Crippen LogP) is 3.42. The molecule has 2 aromatic heterocycles. The number of aromatic nitrogens is 3. The van der Waals surface area contributed by atoms with Crippen molar-refractivity contribution in [1.29, 1.82) is 0 Å². The molecular formula is C21H21FN6O2. The van der Waals surface area contributed by atoms with Gasteiger partial charge < -0.3 is 9.32 Å². The van der Waals surface area contributed by atoms with Crippen LogP contribution >= 0.6 is 0 Å². The van der Waals surface area contributed by atoms with Crippen molar-refractivity contribution < 1.29 is 8.81 Å². The molecule has 9 heteroatoms. The van der Waals surface area contributed by atoms with E-state index < -0.39 is 11.5 Å². The maximum Gasteiger partial charge on any atom is 0.340 e. The van der Waals surface area contributed by atoms with Crippen LogP contribution in [0.25, 0.3) is 22.4 Å². The summed E-state index contributed by atoms with van der Waals surface area (Å²) in [7, 11) is 0. The summed E-state index contributed by atoms with van der Waals surface area (Å²) in [6, 6.07) is 13.9. The molecular weight excluding hydrogens is 387 g/mol. The Kier molecular flexibility index (Phi) is 5.34. The number of H-pyrrole nitrogens is 2. The summed E-state index contributed by atoms with van der Waals surface area (Å²) in [6.07, 6.45) is 0. The van der Waals surface area contributed by atoms with Crippen LogP contribution in [0, 0.1) is 5.82 Å². The molecule has 8 nitrogen and oxygen atoms in total. The van der Waals surface area contributed by atoms with Crippen LogP contribution in [0.2, 0.25) is 0 Å². The number of hydrogen-bond acceptors (Lipinski definition) is 6. The van der Waals surface area contributed by atoms with Gasteiger partial charge >= 0.3 is 5.69 Å². The third kappa shape index (κ3) is 3.82. The van der Waals surface area contributed by atoms with Crippen molar-refractivity contribution in [1.82, 2.24) is 15.2 Å². The van der Waals surface area contributed by atoms with E-state index in [0.29, 0.717) is 11.1 Å². The molecule has 0 spiro atoms. The van der Waals surface area contributed by atoms with E-state index in [0.717, 1.165) is 24.2 Å². The van der Waals surface area contributed by atoms with Crippen molar-refractivity contribution in [2.45, 2.75) is 13.8 Å². The van der Waals surface area contributed by atoms with Crippen LogP contribution in [-0.2, 0) is 0 Å². The fourth-order valence-corrected chi connectivity index (χ4v) is 3.21. The molecule has 154 valence electrons. The van der Waals surface area contributed by atoms with Gasteiger partial charge in [0.05, 0.1) is 11.3 Å². The molecule has 0 saturated carbocycles. The Hall–Kier alpha value is -3.88. The minimum Gasteiger partial charge on any atom is -0.436 e. The van der Waals surface area contributed by atoms with Crippen LogP contribution in [0.5, 0.6) is 0 Å². The van der Waals surface area contributed by atoms with Crippen molar-refractivity contribution in [2.75, 3.05) is 23.4 Å². The number of hydrogen-bond donors (Lipinski definition) is 3. The molecule has 3 N–H and O–H groups in total. The zero-order valence-corrected chi connectivity index (χ0v) is 16.6. The van der Waals surface area contributed by atoms with Gasteiger partial charge in [-0.05, 0) is 44.2 Å². The lowest BCUT2D eigenvalue weighted by Gasteiger charge is -2.21. The Morgan fingerprint density at radius 1 is 1.17 bits per heavy atom. The zero-order valence-electron chi connectivity index (χ0n) is 16.6. The number of para-hydroxylation sites is 1. The average Bonchev–Trinajstić information content (AvgIpc) is 3.19. The molecule has 0 aliphatic carbocycles. The molecule has 0 atom stereocenters. The van der Waals surface area contributed by atoms with Gasteiger partial charge in [0.15, 0.2) is 5.82 Å². The van der Waals surface area contributed by atoms with Crippen LogP contribution in [0.4, 0.5) is 15.8 Å². The highest BCUT2D eigenvalue weighted by atomic mass is 19.1. The topological polar surface area (TPSA) is 102 Å². The number of nitrogens with zero attached hydrogens (tertiary/aromatic N) is 3. The normalized spacial score (nSPS) is 11.8. The summed E-state index contributed by atoms with van der Waals surface area (Å²) in [4.78, 5) is 16.3. The molecule has 0 fully saturated rings. The Morgan fingerprint density at radius 3 is 2.67 bits per heavy atom.